The van der Waals surface area contributed by atoms with Gasteiger partial charge in [-0.1, -0.05) is 29.8 Å². The molecule has 2 aromatic rings. The van der Waals surface area contributed by atoms with Crippen molar-refractivity contribution >= 4 is 11.6 Å². The molecule has 20 heavy (non-hydrogen) atoms. The van der Waals surface area contributed by atoms with Crippen molar-refractivity contribution in [2.45, 2.75) is 25.2 Å². The number of rotatable bonds is 2. The molecule has 2 heterocycles. The molecule has 0 aliphatic carbocycles. The molecule has 1 aliphatic heterocycles. The van der Waals surface area contributed by atoms with E-state index in [1.54, 1.807) is 0 Å². The maximum absolute atomic E-state index is 6.41. The fraction of sp³-hybridized carbons (Fsp3) is 0.438. The van der Waals surface area contributed by atoms with Gasteiger partial charge in [-0.25, -0.2) is 0 Å². The van der Waals surface area contributed by atoms with Gasteiger partial charge in [0, 0.05) is 30.2 Å². The Morgan fingerprint density at radius 1 is 1.25 bits per heavy atom. The molecule has 0 spiro atoms. The van der Waals surface area contributed by atoms with Crippen molar-refractivity contribution in [2.75, 3.05) is 13.1 Å². The van der Waals surface area contributed by atoms with Gasteiger partial charge in [0.2, 0.25) is 0 Å². The standard InChI is InChI=1S/C16H20ClN3/c1-11-14(10-19-20(11)2)12-7-8-18-9-15(12)13-5-3-4-6-16(13)17/h3-6,10,12,15,18H,7-9H2,1-2H3. The largest absolute Gasteiger partial charge is 0.316 e. The Balaban J connectivity index is 2.00. The van der Waals surface area contributed by atoms with Crippen LogP contribution in [0.4, 0.5) is 0 Å². The van der Waals surface area contributed by atoms with Crippen molar-refractivity contribution in [1.29, 1.82) is 0 Å². The van der Waals surface area contributed by atoms with Crippen LogP contribution in [0.25, 0.3) is 0 Å². The number of nitrogens with zero attached hydrogens (tertiary/aromatic N) is 2. The summed E-state index contributed by atoms with van der Waals surface area (Å²) in [5, 5.41) is 8.77. The molecule has 2 atom stereocenters. The van der Waals surface area contributed by atoms with Crippen LogP contribution in [0.5, 0.6) is 0 Å². The van der Waals surface area contributed by atoms with Gasteiger partial charge >= 0.3 is 0 Å². The minimum atomic E-state index is 0.417. The fourth-order valence-electron chi connectivity index (χ4n) is 3.21. The van der Waals surface area contributed by atoms with E-state index in [4.69, 9.17) is 11.6 Å². The van der Waals surface area contributed by atoms with E-state index in [0.29, 0.717) is 11.8 Å². The molecule has 3 rings (SSSR count). The summed E-state index contributed by atoms with van der Waals surface area (Å²) in [5.74, 6) is 0.908. The lowest BCUT2D eigenvalue weighted by molar-refractivity contribution is 0.403. The lowest BCUT2D eigenvalue weighted by Gasteiger charge is -2.33. The highest BCUT2D eigenvalue weighted by Crippen LogP contribution is 2.40. The van der Waals surface area contributed by atoms with Crippen LogP contribution in [0.3, 0.4) is 0 Å². The highest BCUT2D eigenvalue weighted by molar-refractivity contribution is 6.31. The molecular formula is C16H20ClN3. The monoisotopic (exact) mass is 289 g/mol. The lowest BCUT2D eigenvalue weighted by Crippen LogP contribution is -2.34. The van der Waals surface area contributed by atoms with Crippen molar-refractivity contribution in [3.63, 3.8) is 0 Å². The maximum Gasteiger partial charge on any atom is 0.0527 e. The quantitative estimate of drug-likeness (QED) is 0.920. The summed E-state index contributed by atoms with van der Waals surface area (Å²) in [6, 6.07) is 8.20. The van der Waals surface area contributed by atoms with Crippen LogP contribution >= 0.6 is 11.6 Å². The van der Waals surface area contributed by atoms with Gasteiger partial charge in [0.05, 0.1) is 6.20 Å². The van der Waals surface area contributed by atoms with Gasteiger partial charge < -0.3 is 5.32 Å². The molecule has 1 saturated heterocycles. The second kappa shape index (κ2) is 5.58. The number of aryl methyl sites for hydroxylation is 1. The Morgan fingerprint density at radius 3 is 2.75 bits per heavy atom. The van der Waals surface area contributed by atoms with Crippen LogP contribution in [0.1, 0.15) is 35.1 Å². The SMILES string of the molecule is Cc1c(C2CCNCC2c2ccccc2Cl)cnn1C. The Hall–Kier alpha value is -1.32. The van der Waals surface area contributed by atoms with Crippen molar-refractivity contribution in [2.24, 2.45) is 7.05 Å². The number of piperidine rings is 1. The third-order valence-corrected chi connectivity index (χ3v) is 4.80. The highest BCUT2D eigenvalue weighted by Gasteiger charge is 2.30. The summed E-state index contributed by atoms with van der Waals surface area (Å²) in [7, 11) is 2.00. The summed E-state index contributed by atoms with van der Waals surface area (Å²) in [6.45, 7) is 4.18. The minimum Gasteiger partial charge on any atom is -0.316 e. The van der Waals surface area contributed by atoms with E-state index >= 15 is 0 Å². The van der Waals surface area contributed by atoms with E-state index in [2.05, 4.69) is 29.5 Å². The van der Waals surface area contributed by atoms with Crippen molar-refractivity contribution in [1.82, 2.24) is 15.1 Å². The molecule has 1 aliphatic rings. The third kappa shape index (κ3) is 2.36. The summed E-state index contributed by atoms with van der Waals surface area (Å²) in [5.41, 5.74) is 3.86. The molecule has 3 nitrogen and oxygen atoms in total. The predicted molar refractivity (Wildman–Crippen MR) is 82.4 cm³/mol. The Bertz CT molecular complexity index is 606. The zero-order valence-corrected chi connectivity index (χ0v) is 12.7. The Morgan fingerprint density at radius 2 is 2.05 bits per heavy atom. The van der Waals surface area contributed by atoms with Crippen LogP contribution in [0.2, 0.25) is 5.02 Å². The molecule has 0 radical (unpaired) electrons. The molecule has 0 amide bonds. The summed E-state index contributed by atoms with van der Waals surface area (Å²) in [6.07, 6.45) is 3.15. The van der Waals surface area contributed by atoms with Crippen LogP contribution in [0.15, 0.2) is 30.5 Å². The number of hydrogen-bond acceptors (Lipinski definition) is 2. The molecule has 1 aromatic heterocycles. The first-order valence-corrected chi connectivity index (χ1v) is 7.50. The summed E-state index contributed by atoms with van der Waals surface area (Å²) < 4.78 is 1.96. The minimum absolute atomic E-state index is 0.417. The molecule has 1 N–H and O–H groups in total. The zero-order valence-electron chi connectivity index (χ0n) is 11.9. The van der Waals surface area contributed by atoms with E-state index in [0.717, 1.165) is 24.5 Å². The number of aromatic nitrogens is 2. The number of nitrogens with one attached hydrogen (secondary N) is 1. The van der Waals surface area contributed by atoms with E-state index < -0.39 is 0 Å². The summed E-state index contributed by atoms with van der Waals surface area (Å²) in [4.78, 5) is 0. The zero-order chi connectivity index (χ0) is 14.1. The molecular weight excluding hydrogens is 270 g/mol. The van der Waals surface area contributed by atoms with Gasteiger partial charge in [0.1, 0.15) is 0 Å². The Labute approximate surface area is 124 Å². The molecule has 0 saturated carbocycles. The normalized spacial score (nSPS) is 22.9. The number of benzene rings is 1. The average molecular weight is 290 g/mol. The van der Waals surface area contributed by atoms with Gasteiger partial charge in [-0.05, 0) is 43.0 Å². The first-order valence-electron chi connectivity index (χ1n) is 7.12. The second-order valence-corrected chi connectivity index (χ2v) is 5.94. The first kappa shape index (κ1) is 13.7. The Kier molecular flexibility index (Phi) is 3.81. The number of hydrogen-bond donors (Lipinski definition) is 1. The van der Waals surface area contributed by atoms with Crippen LogP contribution in [-0.4, -0.2) is 22.9 Å². The van der Waals surface area contributed by atoms with Gasteiger partial charge in [-0.3, -0.25) is 4.68 Å². The lowest BCUT2D eigenvalue weighted by atomic mass is 9.77. The predicted octanol–water partition coefficient (Wildman–Crippen LogP) is 3.24. The van der Waals surface area contributed by atoms with Gasteiger partial charge in [0.25, 0.3) is 0 Å². The number of halogens is 1. The topological polar surface area (TPSA) is 29.9 Å². The average Bonchev–Trinajstić information content (AvgIpc) is 2.80. The smallest absolute Gasteiger partial charge is 0.0527 e. The van der Waals surface area contributed by atoms with Crippen molar-refractivity contribution < 1.29 is 0 Å². The molecule has 1 aromatic carbocycles. The molecule has 1 fully saturated rings. The van der Waals surface area contributed by atoms with Gasteiger partial charge in [0.15, 0.2) is 0 Å². The van der Waals surface area contributed by atoms with E-state index in [-0.39, 0.29) is 0 Å². The maximum atomic E-state index is 6.41. The van der Waals surface area contributed by atoms with Crippen molar-refractivity contribution in [3.8, 4) is 0 Å². The highest BCUT2D eigenvalue weighted by atomic mass is 35.5. The summed E-state index contributed by atoms with van der Waals surface area (Å²) >= 11 is 6.41. The van der Waals surface area contributed by atoms with E-state index in [9.17, 15) is 0 Å². The van der Waals surface area contributed by atoms with Crippen LogP contribution in [-0.2, 0) is 7.05 Å². The second-order valence-electron chi connectivity index (χ2n) is 5.54. The fourth-order valence-corrected chi connectivity index (χ4v) is 3.49. The van der Waals surface area contributed by atoms with Gasteiger partial charge in [-0.2, -0.15) is 5.10 Å². The molecule has 106 valence electrons. The molecule has 4 heteroatoms. The van der Waals surface area contributed by atoms with Crippen molar-refractivity contribution in [3.05, 3.63) is 52.3 Å². The first-order chi connectivity index (χ1) is 9.68. The van der Waals surface area contributed by atoms with Crippen LogP contribution in [0, 0.1) is 6.92 Å². The van der Waals surface area contributed by atoms with E-state index in [1.165, 1.54) is 16.8 Å². The third-order valence-electron chi connectivity index (χ3n) is 4.46. The molecule has 2 unspecified atom stereocenters. The van der Waals surface area contributed by atoms with Gasteiger partial charge in [-0.15, -0.1) is 0 Å². The molecule has 0 bridgehead atoms. The van der Waals surface area contributed by atoms with E-state index in [1.807, 2.05) is 30.1 Å². The van der Waals surface area contributed by atoms with Crippen LogP contribution < -0.4 is 5.32 Å².